The van der Waals surface area contributed by atoms with Gasteiger partial charge in [0.25, 0.3) is 0 Å². The van der Waals surface area contributed by atoms with E-state index in [0.29, 0.717) is 48.6 Å². The fourth-order valence-electron chi connectivity index (χ4n) is 6.77. The van der Waals surface area contributed by atoms with Gasteiger partial charge in [-0.2, -0.15) is 0 Å². The normalized spacial score (nSPS) is 54.6. The van der Waals surface area contributed by atoms with Gasteiger partial charge in [0.2, 0.25) is 0 Å². The number of rotatable bonds is 0. The van der Waals surface area contributed by atoms with Crippen LogP contribution < -0.4 is 0 Å². The number of aliphatic hydroxyl groups is 1. The van der Waals surface area contributed by atoms with Crippen LogP contribution in [0.25, 0.3) is 0 Å². The van der Waals surface area contributed by atoms with E-state index in [1.54, 1.807) is 0 Å². The maximum absolute atomic E-state index is 12.9. The van der Waals surface area contributed by atoms with Gasteiger partial charge < -0.3 is 5.11 Å². The van der Waals surface area contributed by atoms with Crippen molar-refractivity contribution in [3.63, 3.8) is 0 Å². The molecule has 0 amide bonds. The van der Waals surface area contributed by atoms with Gasteiger partial charge in [0.1, 0.15) is 11.6 Å². The number of aliphatic hydroxyl groups excluding tert-OH is 1. The zero-order valence-corrected chi connectivity index (χ0v) is 13.8. The maximum Gasteiger partial charge on any atom is 0.136 e. The predicted molar refractivity (Wildman–Crippen MR) is 83.1 cm³/mol. The summed E-state index contributed by atoms with van der Waals surface area (Å²) in [4.78, 5) is 25.0. The third-order valence-electron chi connectivity index (χ3n) is 8.17. The topological polar surface area (TPSA) is 54.4 Å². The van der Waals surface area contributed by atoms with Crippen LogP contribution in [0.15, 0.2) is 0 Å². The van der Waals surface area contributed by atoms with Gasteiger partial charge in [0.05, 0.1) is 6.10 Å². The average Bonchev–Trinajstić information content (AvgIpc) is 2.76. The molecule has 0 aliphatic heterocycles. The van der Waals surface area contributed by atoms with Gasteiger partial charge in [-0.3, -0.25) is 9.59 Å². The van der Waals surface area contributed by atoms with Crippen molar-refractivity contribution in [3.05, 3.63) is 0 Å². The van der Waals surface area contributed by atoms with E-state index in [9.17, 15) is 14.7 Å². The maximum atomic E-state index is 12.9. The van der Waals surface area contributed by atoms with E-state index in [1.165, 1.54) is 0 Å². The number of fused-ring (bicyclic) bond motifs is 5. The molecule has 22 heavy (non-hydrogen) atoms. The van der Waals surface area contributed by atoms with Gasteiger partial charge in [0, 0.05) is 25.2 Å². The first-order valence-corrected chi connectivity index (χ1v) is 9.09. The minimum absolute atomic E-state index is 0.0305. The quantitative estimate of drug-likeness (QED) is 0.748. The van der Waals surface area contributed by atoms with Crippen LogP contribution in [-0.2, 0) is 9.59 Å². The van der Waals surface area contributed by atoms with Crippen LogP contribution in [0.1, 0.15) is 65.2 Å². The highest BCUT2D eigenvalue weighted by Crippen LogP contribution is 2.64. The molecule has 4 aliphatic carbocycles. The SMILES string of the molecule is C[C@]12CC(=O)CC[C@@H]1CC(=O)[C@H]1[C@H]2CC[C@]2(C)[C@H](O)CC[C@@H]12. The van der Waals surface area contributed by atoms with E-state index in [-0.39, 0.29) is 22.9 Å². The Balaban J connectivity index is 1.72. The summed E-state index contributed by atoms with van der Waals surface area (Å²) in [6, 6.07) is 0. The number of hydrogen-bond acceptors (Lipinski definition) is 3. The highest BCUT2D eigenvalue weighted by atomic mass is 16.3. The van der Waals surface area contributed by atoms with Crippen LogP contribution in [-0.4, -0.2) is 22.8 Å². The monoisotopic (exact) mass is 304 g/mol. The molecule has 0 bridgehead atoms. The Kier molecular flexibility index (Phi) is 3.15. The van der Waals surface area contributed by atoms with Crippen LogP contribution in [0, 0.1) is 34.5 Å². The lowest BCUT2D eigenvalue weighted by Gasteiger charge is -2.58. The number of Topliss-reactive ketones (excluding diaryl/α,β-unsaturated/α-hetero) is 2. The molecule has 122 valence electrons. The number of carbonyl (C=O) groups is 2. The largest absolute Gasteiger partial charge is 0.393 e. The summed E-state index contributed by atoms with van der Waals surface area (Å²) in [5, 5.41) is 10.4. The van der Waals surface area contributed by atoms with Crippen LogP contribution in [0.3, 0.4) is 0 Å². The highest BCUT2D eigenvalue weighted by Gasteiger charge is 2.62. The lowest BCUT2D eigenvalue weighted by Crippen LogP contribution is -2.57. The number of carbonyl (C=O) groups excluding carboxylic acids is 2. The van der Waals surface area contributed by atoms with Crippen molar-refractivity contribution in [2.45, 2.75) is 71.3 Å². The van der Waals surface area contributed by atoms with E-state index in [2.05, 4.69) is 13.8 Å². The highest BCUT2D eigenvalue weighted by molar-refractivity contribution is 5.86. The van der Waals surface area contributed by atoms with Crippen molar-refractivity contribution in [2.75, 3.05) is 0 Å². The molecule has 4 aliphatic rings. The molecule has 7 atom stereocenters. The van der Waals surface area contributed by atoms with Crippen molar-refractivity contribution in [1.82, 2.24) is 0 Å². The number of hydrogen-bond donors (Lipinski definition) is 1. The third-order valence-corrected chi connectivity index (χ3v) is 8.17. The Morgan fingerprint density at radius 2 is 1.73 bits per heavy atom. The molecule has 3 nitrogen and oxygen atoms in total. The van der Waals surface area contributed by atoms with Crippen molar-refractivity contribution >= 4 is 11.6 Å². The van der Waals surface area contributed by atoms with E-state index in [0.717, 1.165) is 32.1 Å². The van der Waals surface area contributed by atoms with Gasteiger partial charge in [-0.15, -0.1) is 0 Å². The fraction of sp³-hybridized carbons (Fsp3) is 0.895. The summed E-state index contributed by atoms with van der Waals surface area (Å²) in [7, 11) is 0. The van der Waals surface area contributed by atoms with Crippen LogP contribution in [0.4, 0.5) is 0 Å². The zero-order valence-electron chi connectivity index (χ0n) is 13.8. The first-order chi connectivity index (χ1) is 10.4. The third kappa shape index (κ3) is 1.78. The van der Waals surface area contributed by atoms with Crippen LogP contribution >= 0.6 is 0 Å². The molecule has 4 saturated carbocycles. The number of ketones is 2. The molecule has 0 radical (unpaired) electrons. The first-order valence-electron chi connectivity index (χ1n) is 9.09. The smallest absolute Gasteiger partial charge is 0.136 e. The molecule has 0 aromatic rings. The minimum Gasteiger partial charge on any atom is -0.393 e. The zero-order chi connectivity index (χ0) is 15.7. The second-order valence-corrected chi connectivity index (χ2v) is 9.00. The Hall–Kier alpha value is -0.700. The van der Waals surface area contributed by atoms with Crippen molar-refractivity contribution in [2.24, 2.45) is 34.5 Å². The molecule has 0 spiro atoms. The van der Waals surface area contributed by atoms with Crippen molar-refractivity contribution < 1.29 is 14.7 Å². The Labute approximate surface area is 132 Å². The molecule has 4 rings (SSSR count). The Bertz CT molecular complexity index is 527. The fourth-order valence-corrected chi connectivity index (χ4v) is 6.77. The molecule has 3 heteroatoms. The first kappa shape index (κ1) is 14.9. The van der Waals surface area contributed by atoms with E-state index in [1.807, 2.05) is 0 Å². The lowest BCUT2D eigenvalue weighted by atomic mass is 9.45. The molecule has 1 N–H and O–H groups in total. The lowest BCUT2D eigenvalue weighted by molar-refractivity contribution is -0.161. The van der Waals surface area contributed by atoms with Gasteiger partial charge in [-0.25, -0.2) is 0 Å². The second-order valence-electron chi connectivity index (χ2n) is 9.00. The van der Waals surface area contributed by atoms with E-state index in [4.69, 9.17) is 0 Å². The molecular formula is C19H28O3. The second kappa shape index (κ2) is 4.66. The molecule has 0 aromatic heterocycles. The summed E-state index contributed by atoms with van der Waals surface area (Å²) < 4.78 is 0. The Morgan fingerprint density at radius 3 is 2.50 bits per heavy atom. The summed E-state index contributed by atoms with van der Waals surface area (Å²) in [6.07, 6.45) is 6.55. The molecule has 4 fully saturated rings. The molecular weight excluding hydrogens is 276 g/mol. The summed E-state index contributed by atoms with van der Waals surface area (Å²) in [5.41, 5.74) is -0.0402. The average molecular weight is 304 g/mol. The van der Waals surface area contributed by atoms with Gasteiger partial charge >= 0.3 is 0 Å². The van der Waals surface area contributed by atoms with Crippen molar-refractivity contribution in [3.8, 4) is 0 Å². The van der Waals surface area contributed by atoms with Gasteiger partial charge in [0.15, 0.2) is 0 Å². The van der Waals surface area contributed by atoms with E-state index < -0.39 is 0 Å². The summed E-state index contributed by atoms with van der Waals surface area (Å²) in [6.45, 7) is 4.48. The minimum atomic E-state index is -0.246. The van der Waals surface area contributed by atoms with E-state index >= 15 is 0 Å². The van der Waals surface area contributed by atoms with Crippen LogP contribution in [0.5, 0.6) is 0 Å². The van der Waals surface area contributed by atoms with Crippen molar-refractivity contribution in [1.29, 1.82) is 0 Å². The van der Waals surface area contributed by atoms with Gasteiger partial charge in [-0.05, 0) is 60.7 Å². The molecule has 0 unspecified atom stereocenters. The molecule has 0 saturated heterocycles. The standard InChI is InChI=1S/C19H28O3/c1-18-8-7-14-17(13(18)5-6-16(18)22)15(21)9-11-3-4-12(20)10-19(11,14)2/h11,13-14,16-17,22H,3-10H2,1-2H3/t11-,13+,14-,16-,17-,18+,19+/m1/s1. The summed E-state index contributed by atoms with van der Waals surface area (Å²) >= 11 is 0. The molecule has 0 heterocycles. The van der Waals surface area contributed by atoms with Gasteiger partial charge in [-0.1, -0.05) is 13.8 Å². The predicted octanol–water partition coefficient (Wildman–Crippen LogP) is 3.14. The molecule has 0 aromatic carbocycles. The van der Waals surface area contributed by atoms with Crippen LogP contribution in [0.2, 0.25) is 0 Å². The summed E-state index contributed by atoms with van der Waals surface area (Å²) in [5.74, 6) is 2.05. The Morgan fingerprint density at radius 1 is 1.00 bits per heavy atom.